The Morgan fingerprint density at radius 2 is 2.37 bits per heavy atom. The molecule has 0 aromatic carbocycles. The molecule has 0 fully saturated rings. The molecular weight excluding hydrogens is 254 g/mol. The molecule has 8 heteroatoms. The number of hydrogen-bond acceptors (Lipinski definition) is 6. The van der Waals surface area contributed by atoms with Crippen LogP contribution in [0.15, 0.2) is 22.9 Å². The molecule has 0 aliphatic heterocycles. The Balaban J connectivity index is 2.37. The van der Waals surface area contributed by atoms with Gasteiger partial charge in [0.05, 0.1) is 13.4 Å². The number of nitro groups is 1. The van der Waals surface area contributed by atoms with Crippen molar-refractivity contribution in [2.24, 2.45) is 0 Å². The van der Waals surface area contributed by atoms with Gasteiger partial charge in [0.25, 0.3) is 0 Å². The molecule has 19 heavy (non-hydrogen) atoms. The van der Waals surface area contributed by atoms with Crippen molar-refractivity contribution in [1.82, 2.24) is 9.55 Å². The zero-order valence-corrected chi connectivity index (χ0v) is 10.3. The van der Waals surface area contributed by atoms with Crippen LogP contribution in [0.25, 0.3) is 0 Å². The van der Waals surface area contributed by atoms with Crippen molar-refractivity contribution >= 4 is 11.8 Å². The van der Waals surface area contributed by atoms with Gasteiger partial charge in [-0.3, -0.25) is 0 Å². The van der Waals surface area contributed by atoms with Crippen LogP contribution in [0.4, 0.5) is 5.82 Å². The number of nitrogens with zero attached hydrogens (tertiary/aromatic N) is 3. The third-order valence-corrected chi connectivity index (χ3v) is 2.67. The van der Waals surface area contributed by atoms with Gasteiger partial charge in [0, 0.05) is 12.5 Å². The average Bonchev–Trinajstić information content (AvgIpc) is 2.97. The largest absolute Gasteiger partial charge is 0.463 e. The number of ether oxygens (including phenoxy) is 1. The Kier molecular flexibility index (Phi) is 3.32. The number of aromatic nitrogens is 2. The molecule has 0 bridgehead atoms. The smallest absolute Gasteiger partial charge is 0.374 e. The molecule has 0 spiro atoms. The number of carbonyl (C=O) groups is 1. The van der Waals surface area contributed by atoms with Gasteiger partial charge in [0.2, 0.25) is 5.76 Å². The summed E-state index contributed by atoms with van der Waals surface area (Å²) < 4.78 is 11.0. The second-order valence-electron chi connectivity index (χ2n) is 3.77. The summed E-state index contributed by atoms with van der Waals surface area (Å²) in [6, 6.07) is 1.56. The van der Waals surface area contributed by atoms with Gasteiger partial charge < -0.3 is 19.3 Å². The topological polar surface area (TPSA) is 100 Å². The Morgan fingerprint density at radius 1 is 1.63 bits per heavy atom. The van der Waals surface area contributed by atoms with Gasteiger partial charge in [0.1, 0.15) is 12.7 Å². The van der Waals surface area contributed by atoms with Crippen LogP contribution in [0.1, 0.15) is 21.9 Å². The van der Waals surface area contributed by atoms with Crippen molar-refractivity contribution in [3.05, 3.63) is 45.8 Å². The Bertz CT molecular complexity index is 628. The number of methoxy groups -OCH3 is 1. The Labute approximate surface area is 107 Å². The van der Waals surface area contributed by atoms with E-state index in [2.05, 4.69) is 9.72 Å². The Hall–Kier alpha value is -2.64. The summed E-state index contributed by atoms with van der Waals surface area (Å²) in [6.07, 6.45) is 2.51. The third kappa shape index (κ3) is 2.32. The van der Waals surface area contributed by atoms with Crippen molar-refractivity contribution in [3.8, 4) is 0 Å². The van der Waals surface area contributed by atoms with E-state index >= 15 is 0 Å². The van der Waals surface area contributed by atoms with Gasteiger partial charge in [-0.1, -0.05) is 0 Å². The van der Waals surface area contributed by atoms with Crippen molar-refractivity contribution in [2.75, 3.05) is 7.11 Å². The van der Waals surface area contributed by atoms with E-state index in [1.165, 1.54) is 24.1 Å². The van der Waals surface area contributed by atoms with Crippen LogP contribution >= 0.6 is 0 Å². The highest BCUT2D eigenvalue weighted by Crippen LogP contribution is 2.19. The van der Waals surface area contributed by atoms with Gasteiger partial charge in [-0.2, -0.15) is 0 Å². The molecule has 0 saturated carbocycles. The number of imidazole rings is 1. The van der Waals surface area contributed by atoms with Crippen LogP contribution in [0, 0.1) is 17.0 Å². The van der Waals surface area contributed by atoms with Crippen LogP contribution in [0.2, 0.25) is 0 Å². The van der Waals surface area contributed by atoms with Gasteiger partial charge in [-0.15, -0.1) is 0 Å². The van der Waals surface area contributed by atoms with Crippen LogP contribution < -0.4 is 0 Å². The fraction of sp³-hybridized carbons (Fsp3) is 0.273. The molecule has 0 atom stereocenters. The number of hydrogen-bond donors (Lipinski definition) is 0. The number of esters is 1. The van der Waals surface area contributed by atoms with Gasteiger partial charge in [-0.05, 0) is 11.0 Å². The minimum atomic E-state index is -0.625. The maximum Gasteiger partial charge on any atom is 0.374 e. The second-order valence-corrected chi connectivity index (χ2v) is 3.77. The lowest BCUT2D eigenvalue weighted by atomic mass is 10.2. The van der Waals surface area contributed by atoms with Crippen LogP contribution in [-0.2, 0) is 11.3 Å². The zero-order chi connectivity index (χ0) is 14.0. The van der Waals surface area contributed by atoms with E-state index in [9.17, 15) is 14.9 Å². The molecule has 8 nitrogen and oxygen atoms in total. The van der Waals surface area contributed by atoms with Gasteiger partial charge in [0.15, 0.2) is 5.82 Å². The molecule has 0 unspecified atom stereocenters. The molecule has 2 rings (SSSR count). The summed E-state index contributed by atoms with van der Waals surface area (Å²) in [5.74, 6) is -0.261. The lowest BCUT2D eigenvalue weighted by Gasteiger charge is -2.02. The minimum absolute atomic E-state index is 0.0323. The molecule has 0 N–H and O–H groups in total. The van der Waals surface area contributed by atoms with Crippen LogP contribution in [-0.4, -0.2) is 27.6 Å². The van der Waals surface area contributed by atoms with E-state index < -0.39 is 10.9 Å². The summed E-state index contributed by atoms with van der Waals surface area (Å²) in [4.78, 5) is 25.7. The molecule has 2 aromatic heterocycles. The van der Waals surface area contributed by atoms with E-state index in [0.29, 0.717) is 11.4 Å². The van der Waals surface area contributed by atoms with Crippen molar-refractivity contribution < 1.29 is 18.9 Å². The molecule has 2 heterocycles. The first kappa shape index (κ1) is 12.8. The first-order chi connectivity index (χ1) is 9.04. The van der Waals surface area contributed by atoms with Crippen LogP contribution in [0.3, 0.4) is 0 Å². The van der Waals surface area contributed by atoms with E-state index in [1.54, 1.807) is 13.0 Å². The molecular formula is C11H11N3O5. The summed E-state index contributed by atoms with van der Waals surface area (Å²) in [6.45, 7) is 1.76. The monoisotopic (exact) mass is 265 g/mol. The molecule has 0 saturated heterocycles. The quantitative estimate of drug-likeness (QED) is 0.472. The van der Waals surface area contributed by atoms with Crippen molar-refractivity contribution in [1.29, 1.82) is 0 Å². The highest BCUT2D eigenvalue weighted by molar-refractivity contribution is 5.87. The Morgan fingerprint density at radius 3 is 3.00 bits per heavy atom. The standard InChI is InChI=1S/C11H11N3O5/c1-7-12-5-9(14(16)17)13(7)6-8-3-4-19-10(8)11(15)18-2/h3-5H,6H2,1-2H3. The molecule has 0 radical (unpaired) electrons. The summed E-state index contributed by atoms with van der Waals surface area (Å²) in [5.41, 5.74) is 0.496. The zero-order valence-electron chi connectivity index (χ0n) is 10.3. The highest BCUT2D eigenvalue weighted by Gasteiger charge is 2.22. The molecule has 0 aliphatic rings. The summed E-state index contributed by atoms with van der Waals surface area (Å²) in [7, 11) is 1.24. The fourth-order valence-corrected chi connectivity index (χ4v) is 1.70. The van der Waals surface area contributed by atoms with E-state index in [1.807, 2.05) is 0 Å². The van der Waals surface area contributed by atoms with Crippen LogP contribution in [0.5, 0.6) is 0 Å². The molecule has 0 aliphatic carbocycles. The third-order valence-electron chi connectivity index (χ3n) is 2.67. The first-order valence-electron chi connectivity index (χ1n) is 5.35. The second kappa shape index (κ2) is 4.92. The highest BCUT2D eigenvalue weighted by atomic mass is 16.6. The predicted octanol–water partition coefficient (Wildman–Crippen LogP) is 1.53. The maximum absolute atomic E-state index is 11.5. The predicted molar refractivity (Wildman–Crippen MR) is 62.8 cm³/mol. The maximum atomic E-state index is 11.5. The van der Waals surface area contributed by atoms with Gasteiger partial charge in [-0.25, -0.2) is 14.3 Å². The lowest BCUT2D eigenvalue weighted by molar-refractivity contribution is -0.392. The van der Waals surface area contributed by atoms with E-state index in [0.717, 1.165) is 0 Å². The number of rotatable bonds is 4. The average molecular weight is 265 g/mol. The van der Waals surface area contributed by atoms with Gasteiger partial charge >= 0.3 is 11.8 Å². The number of aryl methyl sites for hydroxylation is 1. The van der Waals surface area contributed by atoms with Crippen molar-refractivity contribution in [2.45, 2.75) is 13.5 Å². The van der Waals surface area contributed by atoms with E-state index in [4.69, 9.17) is 4.42 Å². The molecule has 100 valence electrons. The first-order valence-corrected chi connectivity index (χ1v) is 5.35. The minimum Gasteiger partial charge on any atom is -0.463 e. The van der Waals surface area contributed by atoms with E-state index in [-0.39, 0.29) is 18.1 Å². The number of furan rings is 1. The summed E-state index contributed by atoms with van der Waals surface area (Å²) >= 11 is 0. The molecule has 0 amide bonds. The molecule has 2 aromatic rings. The fourth-order valence-electron chi connectivity index (χ4n) is 1.70. The number of carbonyl (C=O) groups excluding carboxylic acids is 1. The SMILES string of the molecule is COC(=O)c1occc1Cn1c([N+](=O)[O-])cnc1C. The lowest BCUT2D eigenvalue weighted by Crippen LogP contribution is -2.09. The normalized spacial score (nSPS) is 10.4. The van der Waals surface area contributed by atoms with Crippen molar-refractivity contribution in [3.63, 3.8) is 0 Å². The summed E-state index contributed by atoms with van der Waals surface area (Å²) in [5, 5.41) is 10.9.